The second-order valence-corrected chi connectivity index (χ2v) is 24.8. The lowest BCUT2D eigenvalue weighted by Gasteiger charge is -2.31. The topological polar surface area (TPSA) is 36.8 Å². The Kier molecular flexibility index (Phi) is 14.4. The van der Waals surface area contributed by atoms with E-state index in [1.807, 2.05) is 153 Å². The van der Waals surface area contributed by atoms with Gasteiger partial charge in [-0.05, 0) is 135 Å². The van der Waals surface area contributed by atoms with Crippen molar-refractivity contribution in [2.45, 2.75) is 91.9 Å². The normalized spacial score (nSPS) is 12.8. The van der Waals surface area contributed by atoms with E-state index in [0.717, 1.165) is 72.6 Å². The number of hydrogen-bond donors (Lipinski definition) is 0. The Labute approximate surface area is 494 Å². The zero-order chi connectivity index (χ0) is 59.8. The molecule has 1 aliphatic rings. The second-order valence-electron chi connectivity index (χ2n) is 24.8. The number of anilines is 7. The van der Waals surface area contributed by atoms with E-state index in [4.69, 9.17) is 9.72 Å². The lowest BCUT2D eigenvalue weighted by Crippen LogP contribution is -2.26. The van der Waals surface area contributed by atoms with Crippen LogP contribution >= 0.6 is 0 Å². The first kappa shape index (κ1) is 56.3. The molecule has 0 atom stereocenters. The summed E-state index contributed by atoms with van der Waals surface area (Å²) in [6.45, 7) is 20.9. The van der Waals surface area contributed by atoms with Gasteiger partial charge in [-0.1, -0.05) is 154 Å². The van der Waals surface area contributed by atoms with Crippen LogP contribution in [0.4, 0.5) is 61.8 Å². The molecule has 0 unspecified atom stereocenters. The molecule has 0 aliphatic carbocycles. The van der Waals surface area contributed by atoms with E-state index in [0.29, 0.717) is 34.0 Å². The molecule has 2 aromatic heterocycles. The summed E-state index contributed by atoms with van der Waals surface area (Å²) in [6.07, 6.45) is 1.86. The molecule has 428 valence electrons. The predicted octanol–water partition coefficient (Wildman–Crippen LogP) is 21.6. The molecule has 0 radical (unpaired) electrons. The minimum absolute atomic E-state index is 0.0385. The van der Waals surface area contributed by atoms with Gasteiger partial charge in [-0.15, -0.1) is 0 Å². The number of halogens is 5. The number of pyridine rings is 1. The Morgan fingerprint density at radius 3 is 1.64 bits per heavy atom. The van der Waals surface area contributed by atoms with Crippen LogP contribution in [-0.2, 0) is 10.8 Å². The minimum atomic E-state index is -2.22. The molecule has 0 saturated carbocycles. The van der Waals surface area contributed by atoms with E-state index in [1.165, 1.54) is 0 Å². The molecule has 0 saturated heterocycles. The number of benzene rings is 9. The number of fused-ring (bicyclic) bond motifs is 4. The Hall–Kier alpha value is -9.22. The monoisotopic (exact) mass is 1140 g/mol. The molecule has 85 heavy (non-hydrogen) atoms. The highest BCUT2D eigenvalue weighted by Gasteiger charge is 2.37. The zero-order valence-corrected chi connectivity index (χ0v) is 49.4. The van der Waals surface area contributed by atoms with Gasteiger partial charge in [0.2, 0.25) is 5.82 Å². The van der Waals surface area contributed by atoms with Gasteiger partial charge in [0.25, 0.3) is 0 Å². The van der Waals surface area contributed by atoms with Crippen LogP contribution in [0.5, 0.6) is 11.5 Å². The van der Waals surface area contributed by atoms with Crippen LogP contribution in [0.25, 0.3) is 49.9 Å². The van der Waals surface area contributed by atoms with Crippen molar-refractivity contribution in [1.29, 1.82) is 0 Å². The first-order valence-electron chi connectivity index (χ1n) is 28.9. The van der Waals surface area contributed by atoms with Gasteiger partial charge < -0.3 is 19.4 Å². The average Bonchev–Trinajstić information content (AvgIpc) is 2.08. The van der Waals surface area contributed by atoms with Crippen molar-refractivity contribution in [3.05, 3.63) is 246 Å². The largest absolute Gasteiger partial charge is 0.457 e. The van der Waals surface area contributed by atoms with E-state index in [1.54, 1.807) is 6.07 Å². The summed E-state index contributed by atoms with van der Waals surface area (Å²) >= 11 is 0. The first-order valence-corrected chi connectivity index (χ1v) is 28.9. The molecular weight excluding hydrogens is 1070 g/mol. The number of nitrogens with zero attached hydrogens (tertiary/aromatic N) is 5. The Morgan fingerprint density at radius 2 is 1.02 bits per heavy atom. The van der Waals surface area contributed by atoms with Crippen LogP contribution in [0.3, 0.4) is 0 Å². The number of hydrogen-bond acceptors (Lipinski definition) is 5. The minimum Gasteiger partial charge on any atom is -0.457 e. The van der Waals surface area contributed by atoms with Gasteiger partial charge in [0.05, 0.1) is 39.3 Å². The summed E-state index contributed by atoms with van der Waals surface area (Å²) in [5, 5.41) is 2.10. The van der Waals surface area contributed by atoms with Crippen molar-refractivity contribution < 1.29 is 26.7 Å². The first-order chi connectivity index (χ1) is 40.6. The second kappa shape index (κ2) is 21.8. The van der Waals surface area contributed by atoms with Gasteiger partial charge >= 0.3 is 0 Å². The fourth-order valence-electron chi connectivity index (χ4n) is 11.7. The van der Waals surface area contributed by atoms with E-state index < -0.39 is 40.1 Å². The molecule has 6 nitrogen and oxygen atoms in total. The van der Waals surface area contributed by atoms with Crippen LogP contribution < -0.4 is 19.4 Å². The van der Waals surface area contributed by atoms with Crippen LogP contribution in [0, 0.1) is 29.1 Å². The molecule has 0 N–H and O–H groups in total. The maximum absolute atomic E-state index is 16.9. The highest BCUT2D eigenvalue weighted by atomic mass is 19.2. The molecule has 11 heteroatoms. The molecule has 1 aliphatic heterocycles. The summed E-state index contributed by atoms with van der Waals surface area (Å²) in [5.74, 6) is -8.06. The summed E-state index contributed by atoms with van der Waals surface area (Å²) in [7, 11) is 0. The molecule has 0 fully saturated rings. The standard InChI is InChI=1S/C74H66F5N5O/c1-44(2)46-33-47(45(3)4)35-48(34-46)59-36-50(74(8,9)10)37-60(66-67(75)69(77)71(79)70(78)68(66)76)72(59)82-43-81(62-27-19-20-28-63(62)82)53-39-54(83(51-21-13-11-14-22-51)52-23-15-12-16-24-52)41-56(40-53)85-55-29-30-58-57-25-17-18-26-61(57)84(64(58)42-55)65-38-49(31-32-80-65)73(5,6)7/h11-42,44-45H,43H2,1-10H3. The van der Waals surface area contributed by atoms with Crippen molar-refractivity contribution in [3.63, 3.8) is 0 Å². The average molecular weight is 1140 g/mol. The van der Waals surface area contributed by atoms with E-state index in [-0.39, 0.29) is 35.2 Å². The fraction of sp³-hybridized carbons (Fsp3) is 0.203. The predicted molar refractivity (Wildman–Crippen MR) is 338 cm³/mol. The van der Waals surface area contributed by atoms with Gasteiger partial charge in [0.15, 0.2) is 23.3 Å². The molecule has 0 bridgehead atoms. The quantitative estimate of drug-likeness (QED) is 0.0692. The van der Waals surface area contributed by atoms with Crippen LogP contribution in [0.15, 0.2) is 194 Å². The SMILES string of the molecule is CC(C)c1cc(-c2cc(C(C)(C)C)cc(-c3c(F)c(F)c(F)c(F)c3F)c2N2CN(c3cc(Oc4ccc5c6ccccc6n(-c6cc(C(C)(C)C)ccn6)c5c4)cc(N(c4ccccc4)c4ccccc4)c3)c3ccccc32)cc(C(C)C)c1. The maximum atomic E-state index is 16.9. The van der Waals surface area contributed by atoms with Gasteiger partial charge in [-0.25, -0.2) is 26.9 Å². The highest BCUT2D eigenvalue weighted by molar-refractivity contribution is 6.09. The van der Waals surface area contributed by atoms with Crippen molar-refractivity contribution in [2.24, 2.45) is 0 Å². The Morgan fingerprint density at radius 1 is 0.471 bits per heavy atom. The highest BCUT2D eigenvalue weighted by Crippen LogP contribution is 2.54. The van der Waals surface area contributed by atoms with Crippen molar-refractivity contribution in [3.8, 4) is 39.6 Å². The summed E-state index contributed by atoms with van der Waals surface area (Å²) in [4.78, 5) is 11.1. The lowest BCUT2D eigenvalue weighted by molar-refractivity contribution is 0.381. The van der Waals surface area contributed by atoms with Crippen molar-refractivity contribution in [2.75, 3.05) is 21.4 Å². The Balaban J connectivity index is 1.09. The van der Waals surface area contributed by atoms with Gasteiger partial charge in [0, 0.05) is 63.4 Å². The molecule has 0 spiro atoms. The van der Waals surface area contributed by atoms with Crippen molar-refractivity contribution >= 4 is 61.6 Å². The van der Waals surface area contributed by atoms with E-state index >= 15 is 22.0 Å². The third-order valence-corrected chi connectivity index (χ3v) is 16.3. The smallest absolute Gasteiger partial charge is 0.200 e. The van der Waals surface area contributed by atoms with Crippen molar-refractivity contribution in [1.82, 2.24) is 9.55 Å². The zero-order valence-electron chi connectivity index (χ0n) is 49.4. The summed E-state index contributed by atoms with van der Waals surface area (Å²) < 4.78 is 89.8. The lowest BCUT2D eigenvalue weighted by atomic mass is 9.81. The molecule has 0 amide bonds. The molecule has 3 heterocycles. The fourth-order valence-corrected chi connectivity index (χ4v) is 11.7. The Bertz CT molecular complexity index is 4280. The summed E-state index contributed by atoms with van der Waals surface area (Å²) in [5.41, 5.74) is 10.0. The molecular formula is C74H66F5N5O. The molecule has 11 aromatic rings. The number of ether oxygens (including phenoxy) is 1. The van der Waals surface area contributed by atoms with Crippen LogP contribution in [0.1, 0.15) is 103 Å². The molecule has 12 rings (SSSR count). The third-order valence-electron chi connectivity index (χ3n) is 16.3. The molecule has 9 aromatic carbocycles. The number of para-hydroxylation sites is 5. The van der Waals surface area contributed by atoms with Crippen LogP contribution in [-0.4, -0.2) is 16.2 Å². The van der Waals surface area contributed by atoms with Gasteiger partial charge in [0.1, 0.15) is 24.0 Å². The number of aromatic nitrogens is 2. The number of rotatable bonds is 12. The van der Waals surface area contributed by atoms with Gasteiger partial charge in [-0.3, -0.25) is 4.57 Å². The maximum Gasteiger partial charge on any atom is 0.200 e. The summed E-state index contributed by atoms with van der Waals surface area (Å²) in [6, 6.07) is 62.4. The van der Waals surface area contributed by atoms with Gasteiger partial charge in [-0.2, -0.15) is 0 Å². The third kappa shape index (κ3) is 10.3. The van der Waals surface area contributed by atoms with Crippen LogP contribution in [0.2, 0.25) is 0 Å². The van der Waals surface area contributed by atoms with E-state index in [2.05, 4.69) is 123 Å². The van der Waals surface area contributed by atoms with E-state index in [9.17, 15) is 0 Å².